The lowest BCUT2D eigenvalue weighted by molar-refractivity contribution is -0.148. The summed E-state index contributed by atoms with van der Waals surface area (Å²) in [7, 11) is 2.71. The third-order valence-corrected chi connectivity index (χ3v) is 4.26. The molecular formula is C21H20N2O6. The summed E-state index contributed by atoms with van der Waals surface area (Å²) < 4.78 is 15.7. The highest BCUT2D eigenvalue weighted by Gasteiger charge is 2.34. The average molecular weight is 396 g/mol. The second-order valence-electron chi connectivity index (χ2n) is 6.14. The van der Waals surface area contributed by atoms with Gasteiger partial charge in [0.25, 0.3) is 11.8 Å². The standard InChI is InChI=1S/C21H20N2O6/c1-13(21(26)28-3)29-18-14(8-7-11-17(18)27-2)12-16-19(24)22-23(20(16)25)15-9-5-4-6-10-15/h4-13H,1-3H3,(H,22,24)/b16-12-/t13-/m1/s1. The molecule has 1 saturated heterocycles. The van der Waals surface area contributed by atoms with Crippen LogP contribution in [0.4, 0.5) is 5.69 Å². The van der Waals surface area contributed by atoms with Gasteiger partial charge in [0.05, 0.1) is 19.9 Å². The second-order valence-corrected chi connectivity index (χ2v) is 6.14. The highest BCUT2D eigenvalue weighted by molar-refractivity contribution is 6.31. The van der Waals surface area contributed by atoms with Gasteiger partial charge in [-0.25, -0.2) is 9.80 Å². The normalized spacial score (nSPS) is 15.8. The van der Waals surface area contributed by atoms with Crippen LogP contribution in [0.1, 0.15) is 12.5 Å². The van der Waals surface area contributed by atoms with Gasteiger partial charge in [0.1, 0.15) is 5.57 Å². The maximum Gasteiger partial charge on any atom is 0.346 e. The van der Waals surface area contributed by atoms with Crippen LogP contribution >= 0.6 is 0 Å². The molecule has 0 radical (unpaired) electrons. The Kier molecular flexibility index (Phi) is 5.82. The van der Waals surface area contributed by atoms with E-state index in [2.05, 4.69) is 10.2 Å². The van der Waals surface area contributed by atoms with Crippen molar-refractivity contribution in [2.24, 2.45) is 0 Å². The molecule has 0 aromatic heterocycles. The van der Waals surface area contributed by atoms with Gasteiger partial charge in [-0.05, 0) is 31.2 Å². The van der Waals surface area contributed by atoms with E-state index in [1.807, 2.05) is 6.07 Å². The first-order valence-electron chi connectivity index (χ1n) is 8.80. The third-order valence-electron chi connectivity index (χ3n) is 4.26. The Balaban J connectivity index is 1.98. The molecule has 8 nitrogen and oxygen atoms in total. The lowest BCUT2D eigenvalue weighted by Gasteiger charge is -2.17. The molecule has 0 unspecified atom stereocenters. The number of nitrogens with one attached hydrogen (secondary N) is 1. The van der Waals surface area contributed by atoms with Gasteiger partial charge in [-0.3, -0.25) is 15.0 Å². The fourth-order valence-corrected chi connectivity index (χ4v) is 2.80. The maximum atomic E-state index is 12.8. The summed E-state index contributed by atoms with van der Waals surface area (Å²) in [6.45, 7) is 1.53. The van der Waals surface area contributed by atoms with Crippen molar-refractivity contribution >= 4 is 29.5 Å². The van der Waals surface area contributed by atoms with E-state index in [1.54, 1.807) is 42.5 Å². The molecule has 150 valence electrons. The van der Waals surface area contributed by atoms with Crippen LogP contribution in [0.2, 0.25) is 0 Å². The van der Waals surface area contributed by atoms with Crippen LogP contribution in [-0.2, 0) is 19.1 Å². The fourth-order valence-electron chi connectivity index (χ4n) is 2.80. The van der Waals surface area contributed by atoms with Crippen LogP contribution in [-0.4, -0.2) is 38.1 Å². The van der Waals surface area contributed by atoms with Crippen LogP contribution in [0, 0.1) is 0 Å². The number of amides is 2. The summed E-state index contributed by atoms with van der Waals surface area (Å²) in [6.07, 6.45) is 0.491. The van der Waals surface area contributed by atoms with E-state index < -0.39 is 23.9 Å². The monoisotopic (exact) mass is 396 g/mol. The van der Waals surface area contributed by atoms with Crippen LogP contribution in [0.25, 0.3) is 6.08 Å². The molecule has 2 aromatic rings. The third kappa shape index (κ3) is 4.06. The summed E-state index contributed by atoms with van der Waals surface area (Å²) in [4.78, 5) is 37.0. The number of anilines is 1. The van der Waals surface area contributed by atoms with Crippen molar-refractivity contribution in [2.75, 3.05) is 19.2 Å². The van der Waals surface area contributed by atoms with E-state index in [-0.39, 0.29) is 11.3 Å². The number of hydrogen-bond donors (Lipinski definition) is 1. The van der Waals surface area contributed by atoms with Crippen molar-refractivity contribution in [3.63, 3.8) is 0 Å². The molecule has 29 heavy (non-hydrogen) atoms. The van der Waals surface area contributed by atoms with E-state index in [0.717, 1.165) is 0 Å². The van der Waals surface area contributed by atoms with Crippen molar-refractivity contribution in [1.82, 2.24) is 5.43 Å². The van der Waals surface area contributed by atoms with Gasteiger partial charge in [-0.2, -0.15) is 0 Å². The lowest BCUT2D eigenvalue weighted by Crippen LogP contribution is -2.35. The SMILES string of the molecule is COC(=O)[C@@H](C)Oc1c(/C=C2/C(=O)NN(c3ccccc3)C2=O)cccc1OC. The summed E-state index contributed by atoms with van der Waals surface area (Å²) >= 11 is 0. The van der Waals surface area contributed by atoms with E-state index >= 15 is 0 Å². The summed E-state index contributed by atoms with van der Waals surface area (Å²) in [5.74, 6) is -1.05. The highest BCUT2D eigenvalue weighted by Crippen LogP contribution is 2.34. The Morgan fingerprint density at radius 1 is 1.07 bits per heavy atom. The van der Waals surface area contributed by atoms with Crippen molar-refractivity contribution in [3.05, 3.63) is 59.7 Å². The number of carbonyl (C=O) groups excluding carboxylic acids is 3. The number of benzene rings is 2. The molecule has 3 rings (SSSR count). The van der Waals surface area contributed by atoms with Gasteiger partial charge < -0.3 is 14.2 Å². The molecule has 1 aliphatic heterocycles. The number of hydrogen-bond acceptors (Lipinski definition) is 6. The maximum absolute atomic E-state index is 12.8. The van der Waals surface area contributed by atoms with Gasteiger partial charge in [0.15, 0.2) is 17.6 Å². The van der Waals surface area contributed by atoms with Gasteiger partial charge in [0.2, 0.25) is 0 Å². The van der Waals surface area contributed by atoms with Crippen molar-refractivity contribution in [3.8, 4) is 11.5 Å². The molecule has 0 spiro atoms. The predicted octanol–water partition coefficient (Wildman–Crippen LogP) is 2.10. The zero-order valence-electron chi connectivity index (χ0n) is 16.2. The van der Waals surface area contributed by atoms with E-state index in [1.165, 1.54) is 32.2 Å². The first kappa shape index (κ1) is 19.9. The van der Waals surface area contributed by atoms with E-state index in [0.29, 0.717) is 17.0 Å². The Morgan fingerprint density at radius 3 is 2.45 bits per heavy atom. The molecule has 1 atom stereocenters. The largest absolute Gasteiger partial charge is 0.493 e. The minimum atomic E-state index is -0.914. The van der Waals surface area contributed by atoms with Crippen LogP contribution in [0.15, 0.2) is 54.1 Å². The molecule has 1 fully saturated rings. The number of methoxy groups -OCH3 is 2. The van der Waals surface area contributed by atoms with Crippen LogP contribution < -0.4 is 19.9 Å². The average Bonchev–Trinajstić information content (AvgIpc) is 3.03. The molecule has 2 amide bonds. The number of esters is 1. The molecule has 8 heteroatoms. The molecular weight excluding hydrogens is 376 g/mol. The van der Waals surface area contributed by atoms with Gasteiger partial charge in [0, 0.05) is 5.56 Å². The molecule has 1 aliphatic rings. The molecule has 2 aromatic carbocycles. The predicted molar refractivity (Wildman–Crippen MR) is 105 cm³/mol. The Labute approximate surface area is 167 Å². The number of hydrazine groups is 1. The number of nitrogens with zero attached hydrogens (tertiary/aromatic N) is 1. The highest BCUT2D eigenvalue weighted by atomic mass is 16.6. The van der Waals surface area contributed by atoms with Crippen molar-refractivity contribution in [2.45, 2.75) is 13.0 Å². The van der Waals surface area contributed by atoms with E-state index in [4.69, 9.17) is 9.47 Å². The van der Waals surface area contributed by atoms with Gasteiger partial charge >= 0.3 is 5.97 Å². The first-order chi connectivity index (χ1) is 14.0. The van der Waals surface area contributed by atoms with Crippen LogP contribution in [0.3, 0.4) is 0 Å². The number of rotatable bonds is 6. The van der Waals surface area contributed by atoms with E-state index in [9.17, 15) is 14.4 Å². The number of ether oxygens (including phenoxy) is 3. The zero-order valence-corrected chi connectivity index (χ0v) is 16.2. The fraction of sp³-hybridized carbons (Fsp3) is 0.190. The smallest absolute Gasteiger partial charge is 0.346 e. The minimum Gasteiger partial charge on any atom is -0.493 e. The van der Waals surface area contributed by atoms with Gasteiger partial charge in [-0.15, -0.1) is 0 Å². The summed E-state index contributed by atoms with van der Waals surface area (Å²) in [6, 6.07) is 13.7. The number of para-hydroxylation sites is 2. The number of carbonyl (C=O) groups is 3. The quantitative estimate of drug-likeness (QED) is 0.457. The lowest BCUT2D eigenvalue weighted by atomic mass is 10.1. The second kappa shape index (κ2) is 8.47. The van der Waals surface area contributed by atoms with Gasteiger partial charge in [-0.1, -0.05) is 30.3 Å². The topological polar surface area (TPSA) is 94.2 Å². The Hall–Kier alpha value is -3.81. The molecule has 1 N–H and O–H groups in total. The molecule has 0 aliphatic carbocycles. The first-order valence-corrected chi connectivity index (χ1v) is 8.80. The molecule has 0 saturated carbocycles. The summed E-state index contributed by atoms with van der Waals surface area (Å²) in [5, 5.41) is 1.17. The Bertz CT molecular complexity index is 970. The molecule has 0 bridgehead atoms. The van der Waals surface area contributed by atoms with Crippen molar-refractivity contribution in [1.29, 1.82) is 0 Å². The van der Waals surface area contributed by atoms with Crippen molar-refractivity contribution < 1.29 is 28.6 Å². The Morgan fingerprint density at radius 2 is 1.79 bits per heavy atom. The summed E-state index contributed by atoms with van der Waals surface area (Å²) in [5.41, 5.74) is 3.41. The zero-order chi connectivity index (χ0) is 21.0. The minimum absolute atomic E-state index is 0.0716. The molecule has 1 heterocycles. The van der Waals surface area contributed by atoms with Crippen LogP contribution in [0.5, 0.6) is 11.5 Å².